The van der Waals surface area contributed by atoms with Crippen molar-refractivity contribution in [2.45, 2.75) is 6.92 Å². The van der Waals surface area contributed by atoms with E-state index in [2.05, 4.69) is 11.9 Å². The van der Waals surface area contributed by atoms with E-state index in [0.717, 1.165) is 5.57 Å². The first-order valence-electron chi connectivity index (χ1n) is 3.15. The monoisotopic (exact) mass is 138 g/mol. The third kappa shape index (κ3) is 2.97. The van der Waals surface area contributed by atoms with E-state index < -0.39 is 0 Å². The van der Waals surface area contributed by atoms with Crippen molar-refractivity contribution in [2.24, 2.45) is 5.73 Å². The van der Waals surface area contributed by atoms with Crippen molar-refractivity contribution in [3.8, 4) is 0 Å². The molecule has 0 fully saturated rings. The van der Waals surface area contributed by atoms with Gasteiger partial charge in [0.1, 0.15) is 0 Å². The minimum absolute atomic E-state index is 0.693. The Morgan fingerprint density at radius 3 is 2.60 bits per heavy atom. The van der Waals surface area contributed by atoms with Gasteiger partial charge in [-0.25, -0.2) is 0 Å². The van der Waals surface area contributed by atoms with Gasteiger partial charge in [-0.2, -0.15) is 0 Å². The van der Waals surface area contributed by atoms with Crippen LogP contribution in [0.2, 0.25) is 0 Å². The normalized spacial score (nSPS) is 13.0. The van der Waals surface area contributed by atoms with Crippen molar-refractivity contribution >= 4 is 0 Å². The van der Waals surface area contributed by atoms with E-state index in [1.54, 1.807) is 13.1 Å². The Labute approximate surface area is 62.1 Å². The van der Waals surface area contributed by atoms with E-state index in [0.29, 0.717) is 5.82 Å². The Morgan fingerprint density at radius 2 is 2.20 bits per heavy atom. The minimum atomic E-state index is 0.693. The highest BCUT2D eigenvalue weighted by Gasteiger charge is 1.86. The molecular formula is C8H14N2. The Kier molecular flexibility index (Phi) is 4.12. The standard InChI is InChI=1S/C8H14N2/c1-4-5-6-7(2)8(9)10-3/h4-6,10H,1,9H2,2-3H3/b6-5-,8-7+. The Balaban J connectivity index is 4.17. The van der Waals surface area contributed by atoms with Crippen LogP contribution >= 0.6 is 0 Å². The molecule has 0 rings (SSSR count). The Bertz CT molecular complexity index is 166. The summed E-state index contributed by atoms with van der Waals surface area (Å²) in [5, 5.41) is 2.85. The van der Waals surface area contributed by atoms with Gasteiger partial charge in [0.15, 0.2) is 0 Å². The minimum Gasteiger partial charge on any atom is -0.385 e. The lowest BCUT2D eigenvalue weighted by Gasteiger charge is -2.00. The molecule has 0 aliphatic carbocycles. The molecule has 0 spiro atoms. The van der Waals surface area contributed by atoms with Crippen molar-refractivity contribution in [2.75, 3.05) is 7.05 Å². The van der Waals surface area contributed by atoms with Crippen molar-refractivity contribution < 1.29 is 0 Å². The molecule has 0 radical (unpaired) electrons. The van der Waals surface area contributed by atoms with Crippen LogP contribution in [0.15, 0.2) is 36.2 Å². The summed E-state index contributed by atoms with van der Waals surface area (Å²) in [6.07, 6.45) is 5.46. The fourth-order valence-electron chi connectivity index (χ4n) is 0.499. The van der Waals surface area contributed by atoms with Gasteiger partial charge in [0.25, 0.3) is 0 Å². The van der Waals surface area contributed by atoms with E-state index in [1.165, 1.54) is 0 Å². The van der Waals surface area contributed by atoms with E-state index in [9.17, 15) is 0 Å². The van der Waals surface area contributed by atoms with E-state index in [4.69, 9.17) is 5.73 Å². The topological polar surface area (TPSA) is 38.0 Å². The lowest BCUT2D eigenvalue weighted by molar-refractivity contribution is 0.944. The maximum atomic E-state index is 5.54. The summed E-state index contributed by atoms with van der Waals surface area (Å²) < 4.78 is 0. The molecule has 3 N–H and O–H groups in total. The molecule has 2 heteroatoms. The highest BCUT2D eigenvalue weighted by atomic mass is 15.0. The first kappa shape index (κ1) is 8.82. The molecule has 0 aromatic heterocycles. The molecule has 10 heavy (non-hydrogen) atoms. The molecule has 0 aliphatic heterocycles. The number of hydrogen-bond acceptors (Lipinski definition) is 2. The summed E-state index contributed by atoms with van der Waals surface area (Å²) in [7, 11) is 1.79. The molecule has 0 aromatic rings. The van der Waals surface area contributed by atoms with Crippen molar-refractivity contribution in [1.29, 1.82) is 0 Å². The smallest absolute Gasteiger partial charge is 0.0987 e. The number of nitrogens with two attached hydrogens (primary N) is 1. The Morgan fingerprint density at radius 1 is 1.60 bits per heavy atom. The lowest BCUT2D eigenvalue weighted by Crippen LogP contribution is -2.15. The van der Waals surface area contributed by atoms with Gasteiger partial charge in [-0.1, -0.05) is 24.8 Å². The second-order valence-electron chi connectivity index (χ2n) is 1.94. The summed E-state index contributed by atoms with van der Waals surface area (Å²) >= 11 is 0. The third-order valence-electron chi connectivity index (χ3n) is 1.18. The zero-order chi connectivity index (χ0) is 7.98. The molecule has 0 aromatic carbocycles. The molecule has 0 atom stereocenters. The molecular weight excluding hydrogens is 124 g/mol. The molecule has 0 unspecified atom stereocenters. The quantitative estimate of drug-likeness (QED) is 0.574. The van der Waals surface area contributed by atoms with E-state index in [-0.39, 0.29) is 0 Å². The average Bonchev–Trinajstić information content (AvgIpc) is 1.98. The highest BCUT2D eigenvalue weighted by Crippen LogP contribution is 1.95. The molecule has 56 valence electrons. The molecule has 0 saturated carbocycles. The van der Waals surface area contributed by atoms with Gasteiger partial charge in [-0.05, 0) is 12.5 Å². The number of nitrogens with one attached hydrogen (secondary N) is 1. The second kappa shape index (κ2) is 4.68. The first-order chi connectivity index (χ1) is 4.72. The summed E-state index contributed by atoms with van der Waals surface area (Å²) in [4.78, 5) is 0. The summed E-state index contributed by atoms with van der Waals surface area (Å²) in [6, 6.07) is 0. The predicted molar refractivity (Wildman–Crippen MR) is 45.3 cm³/mol. The van der Waals surface area contributed by atoms with Crippen LogP contribution in [0.5, 0.6) is 0 Å². The van der Waals surface area contributed by atoms with Crippen LogP contribution in [0, 0.1) is 0 Å². The van der Waals surface area contributed by atoms with Gasteiger partial charge in [0, 0.05) is 7.05 Å². The van der Waals surface area contributed by atoms with Crippen molar-refractivity contribution in [1.82, 2.24) is 5.32 Å². The van der Waals surface area contributed by atoms with Gasteiger partial charge >= 0.3 is 0 Å². The van der Waals surface area contributed by atoms with Crippen LogP contribution in [0.4, 0.5) is 0 Å². The number of hydrogen-bond donors (Lipinski definition) is 2. The average molecular weight is 138 g/mol. The van der Waals surface area contributed by atoms with Crippen molar-refractivity contribution in [3.63, 3.8) is 0 Å². The molecule has 0 bridgehead atoms. The first-order valence-corrected chi connectivity index (χ1v) is 3.15. The highest BCUT2D eigenvalue weighted by molar-refractivity contribution is 5.22. The van der Waals surface area contributed by atoms with Gasteiger partial charge < -0.3 is 11.1 Å². The number of rotatable bonds is 3. The maximum Gasteiger partial charge on any atom is 0.0987 e. The van der Waals surface area contributed by atoms with E-state index in [1.807, 2.05) is 19.1 Å². The molecule has 0 heterocycles. The van der Waals surface area contributed by atoms with Gasteiger partial charge in [0.05, 0.1) is 5.82 Å². The number of allylic oxidation sites excluding steroid dienone is 4. The third-order valence-corrected chi connectivity index (χ3v) is 1.18. The zero-order valence-corrected chi connectivity index (χ0v) is 6.52. The Hall–Kier alpha value is -1.18. The van der Waals surface area contributed by atoms with Crippen LogP contribution in [-0.2, 0) is 0 Å². The van der Waals surface area contributed by atoms with Crippen LogP contribution in [0.3, 0.4) is 0 Å². The molecule has 0 amide bonds. The van der Waals surface area contributed by atoms with Crippen molar-refractivity contribution in [3.05, 3.63) is 36.2 Å². The SMILES string of the molecule is C=C/C=C\C(C)=C(/N)NC. The maximum absolute atomic E-state index is 5.54. The fourth-order valence-corrected chi connectivity index (χ4v) is 0.499. The lowest BCUT2D eigenvalue weighted by atomic mass is 10.3. The van der Waals surface area contributed by atoms with Crippen LogP contribution in [0.25, 0.3) is 0 Å². The van der Waals surface area contributed by atoms with Crippen LogP contribution < -0.4 is 11.1 Å². The summed E-state index contributed by atoms with van der Waals surface area (Å²) in [5.74, 6) is 0.693. The van der Waals surface area contributed by atoms with Crippen LogP contribution in [0.1, 0.15) is 6.92 Å². The zero-order valence-electron chi connectivity index (χ0n) is 6.52. The predicted octanol–water partition coefficient (Wildman–Crippen LogP) is 1.14. The van der Waals surface area contributed by atoms with Gasteiger partial charge in [0.2, 0.25) is 0 Å². The molecule has 0 saturated heterocycles. The molecule has 2 nitrogen and oxygen atoms in total. The van der Waals surface area contributed by atoms with Gasteiger partial charge in [-0.3, -0.25) is 0 Å². The largest absolute Gasteiger partial charge is 0.385 e. The second-order valence-corrected chi connectivity index (χ2v) is 1.94. The van der Waals surface area contributed by atoms with Gasteiger partial charge in [-0.15, -0.1) is 0 Å². The van der Waals surface area contributed by atoms with E-state index >= 15 is 0 Å². The van der Waals surface area contributed by atoms with Crippen LogP contribution in [-0.4, -0.2) is 7.05 Å². The summed E-state index contributed by atoms with van der Waals surface area (Å²) in [5.41, 5.74) is 6.56. The molecule has 0 aliphatic rings. The fraction of sp³-hybridized carbons (Fsp3) is 0.250. The summed E-state index contributed by atoms with van der Waals surface area (Å²) in [6.45, 7) is 5.48.